The summed E-state index contributed by atoms with van der Waals surface area (Å²) in [4.78, 5) is 18.5. The minimum Gasteiger partial charge on any atom is -0.489 e. The first kappa shape index (κ1) is 18.5. The number of hydrogen-bond donors (Lipinski definition) is 2. The number of imidazole rings is 1. The predicted octanol–water partition coefficient (Wildman–Crippen LogP) is 4.95. The molecule has 0 bridgehead atoms. The Morgan fingerprint density at radius 2 is 1.69 bits per heavy atom. The van der Waals surface area contributed by atoms with Crippen molar-refractivity contribution in [1.82, 2.24) is 9.97 Å². The zero-order valence-corrected chi connectivity index (χ0v) is 15.7. The molecule has 3 aromatic carbocycles. The quantitative estimate of drug-likeness (QED) is 0.473. The molecule has 4 aromatic rings. The van der Waals surface area contributed by atoms with Crippen molar-refractivity contribution in [3.63, 3.8) is 0 Å². The van der Waals surface area contributed by atoms with Crippen molar-refractivity contribution < 1.29 is 14.6 Å². The van der Waals surface area contributed by atoms with Gasteiger partial charge in [0, 0.05) is 23.5 Å². The zero-order chi connectivity index (χ0) is 20.1. The number of H-pyrrole nitrogens is 1. The van der Waals surface area contributed by atoms with Crippen LogP contribution in [0.25, 0.3) is 22.5 Å². The third kappa shape index (κ3) is 4.52. The minimum absolute atomic E-state index is 0.0597. The van der Waals surface area contributed by atoms with Gasteiger partial charge in [0.25, 0.3) is 0 Å². The lowest BCUT2D eigenvalue weighted by Gasteiger charge is -2.11. The van der Waals surface area contributed by atoms with Gasteiger partial charge in [-0.3, -0.25) is 4.79 Å². The van der Waals surface area contributed by atoms with Gasteiger partial charge < -0.3 is 14.8 Å². The van der Waals surface area contributed by atoms with Crippen LogP contribution in [-0.4, -0.2) is 21.0 Å². The summed E-state index contributed by atoms with van der Waals surface area (Å²) in [5.41, 5.74) is 4.88. The van der Waals surface area contributed by atoms with Crippen LogP contribution in [0.1, 0.15) is 11.1 Å². The number of para-hydroxylation sites is 1. The smallest absolute Gasteiger partial charge is 0.307 e. The van der Waals surface area contributed by atoms with Crippen LogP contribution in [0.4, 0.5) is 0 Å². The molecule has 0 unspecified atom stereocenters. The Balaban J connectivity index is 1.53. The molecule has 144 valence electrons. The first-order chi connectivity index (χ1) is 14.2. The largest absolute Gasteiger partial charge is 0.489 e. The molecule has 2 N–H and O–H groups in total. The maximum absolute atomic E-state index is 11.0. The van der Waals surface area contributed by atoms with Crippen molar-refractivity contribution in [2.75, 3.05) is 0 Å². The molecule has 0 atom stereocenters. The van der Waals surface area contributed by atoms with Gasteiger partial charge in [0.15, 0.2) is 0 Å². The molecule has 1 aromatic heterocycles. The molecule has 0 radical (unpaired) electrons. The summed E-state index contributed by atoms with van der Waals surface area (Å²) >= 11 is 0. The van der Waals surface area contributed by atoms with E-state index in [9.17, 15) is 4.79 Å². The third-order valence-corrected chi connectivity index (χ3v) is 4.60. The molecule has 0 saturated heterocycles. The van der Waals surface area contributed by atoms with Gasteiger partial charge in [-0.05, 0) is 34.9 Å². The molecule has 0 fully saturated rings. The second kappa shape index (κ2) is 8.44. The summed E-state index contributed by atoms with van der Waals surface area (Å²) in [5, 5.41) is 9.07. The van der Waals surface area contributed by atoms with Crippen LogP contribution in [0.5, 0.6) is 5.75 Å². The molecule has 0 spiro atoms. The molecule has 5 heteroatoms. The number of benzene rings is 3. The fourth-order valence-electron chi connectivity index (χ4n) is 3.22. The lowest BCUT2D eigenvalue weighted by molar-refractivity contribution is -0.136. The number of carbonyl (C=O) groups is 1. The summed E-state index contributed by atoms with van der Waals surface area (Å²) in [6.07, 6.45) is 3.49. The number of aromatic amines is 1. The van der Waals surface area contributed by atoms with Crippen LogP contribution in [0, 0.1) is 0 Å². The highest BCUT2D eigenvalue weighted by molar-refractivity contribution is 5.71. The number of carboxylic acids is 1. The second-order valence-electron chi connectivity index (χ2n) is 6.69. The molecule has 0 aliphatic carbocycles. The van der Waals surface area contributed by atoms with Gasteiger partial charge in [-0.1, -0.05) is 54.6 Å². The molecule has 0 saturated carbocycles. The molecule has 5 nitrogen and oxygen atoms in total. The summed E-state index contributed by atoms with van der Waals surface area (Å²) in [7, 11) is 0. The van der Waals surface area contributed by atoms with Gasteiger partial charge in [-0.2, -0.15) is 0 Å². The zero-order valence-electron chi connectivity index (χ0n) is 15.7. The Labute approximate surface area is 168 Å². The Hall–Kier alpha value is -3.86. The van der Waals surface area contributed by atoms with Crippen molar-refractivity contribution in [3.05, 3.63) is 96.3 Å². The predicted molar refractivity (Wildman–Crippen MR) is 112 cm³/mol. The molecule has 4 rings (SSSR count). The monoisotopic (exact) mass is 384 g/mol. The second-order valence-corrected chi connectivity index (χ2v) is 6.69. The SMILES string of the molecule is O=C(O)Cc1ccccc1OCc1cccc(-c2cccc(-c3ncc[nH]3)c2)c1. The molecular weight excluding hydrogens is 364 g/mol. The summed E-state index contributed by atoms with van der Waals surface area (Å²) in [6.45, 7) is 0.363. The number of hydrogen-bond acceptors (Lipinski definition) is 3. The third-order valence-electron chi connectivity index (χ3n) is 4.60. The first-order valence-electron chi connectivity index (χ1n) is 9.31. The van der Waals surface area contributed by atoms with Crippen molar-refractivity contribution in [3.8, 4) is 28.3 Å². The molecule has 1 heterocycles. The highest BCUT2D eigenvalue weighted by Crippen LogP contribution is 2.26. The summed E-state index contributed by atoms with van der Waals surface area (Å²) in [6, 6.07) is 23.6. The molecule has 0 aliphatic heterocycles. The Kier molecular flexibility index (Phi) is 5.38. The highest BCUT2D eigenvalue weighted by atomic mass is 16.5. The van der Waals surface area contributed by atoms with E-state index in [1.165, 1.54) is 0 Å². The van der Waals surface area contributed by atoms with Crippen molar-refractivity contribution in [2.24, 2.45) is 0 Å². The highest BCUT2D eigenvalue weighted by Gasteiger charge is 2.08. The van der Waals surface area contributed by atoms with E-state index in [2.05, 4.69) is 34.2 Å². The van der Waals surface area contributed by atoms with Gasteiger partial charge >= 0.3 is 5.97 Å². The van der Waals surface area contributed by atoms with Gasteiger partial charge in [0.1, 0.15) is 18.2 Å². The maximum Gasteiger partial charge on any atom is 0.307 e. The van der Waals surface area contributed by atoms with Crippen LogP contribution >= 0.6 is 0 Å². The number of nitrogens with zero attached hydrogens (tertiary/aromatic N) is 1. The van der Waals surface area contributed by atoms with Crippen LogP contribution < -0.4 is 4.74 Å². The van der Waals surface area contributed by atoms with Crippen LogP contribution in [0.3, 0.4) is 0 Å². The number of rotatable bonds is 7. The van der Waals surface area contributed by atoms with E-state index in [-0.39, 0.29) is 6.42 Å². The van der Waals surface area contributed by atoms with E-state index in [4.69, 9.17) is 9.84 Å². The van der Waals surface area contributed by atoms with E-state index in [0.29, 0.717) is 17.9 Å². The van der Waals surface area contributed by atoms with E-state index >= 15 is 0 Å². The van der Waals surface area contributed by atoms with Crippen LogP contribution in [0.2, 0.25) is 0 Å². The summed E-state index contributed by atoms with van der Waals surface area (Å²) in [5.74, 6) is 0.556. The van der Waals surface area contributed by atoms with Gasteiger partial charge in [0.2, 0.25) is 0 Å². The van der Waals surface area contributed by atoms with Gasteiger partial charge in [-0.15, -0.1) is 0 Å². The van der Waals surface area contributed by atoms with Crippen LogP contribution in [-0.2, 0) is 17.8 Å². The fourth-order valence-corrected chi connectivity index (χ4v) is 3.22. The fraction of sp³-hybridized carbons (Fsp3) is 0.0833. The average Bonchev–Trinajstić information content (AvgIpc) is 3.28. The number of aliphatic carboxylic acids is 1. The minimum atomic E-state index is -0.875. The number of aromatic nitrogens is 2. The van der Waals surface area contributed by atoms with E-state index in [1.807, 2.05) is 42.6 Å². The topological polar surface area (TPSA) is 75.2 Å². The van der Waals surface area contributed by atoms with Gasteiger partial charge in [0.05, 0.1) is 6.42 Å². The lowest BCUT2D eigenvalue weighted by atomic mass is 10.0. The molecular formula is C24H20N2O3. The van der Waals surface area contributed by atoms with Gasteiger partial charge in [-0.25, -0.2) is 4.98 Å². The van der Waals surface area contributed by atoms with Crippen molar-refractivity contribution in [1.29, 1.82) is 0 Å². The average molecular weight is 384 g/mol. The Morgan fingerprint density at radius 1 is 0.931 bits per heavy atom. The number of nitrogens with one attached hydrogen (secondary N) is 1. The molecule has 0 amide bonds. The molecule has 0 aliphatic rings. The maximum atomic E-state index is 11.0. The Bertz CT molecular complexity index is 1120. The van der Waals surface area contributed by atoms with Crippen LogP contribution in [0.15, 0.2) is 85.2 Å². The van der Waals surface area contributed by atoms with E-state index in [0.717, 1.165) is 28.1 Å². The number of carboxylic acid groups (broad SMARTS) is 1. The lowest BCUT2D eigenvalue weighted by Crippen LogP contribution is -2.04. The van der Waals surface area contributed by atoms with E-state index < -0.39 is 5.97 Å². The number of ether oxygens (including phenoxy) is 1. The summed E-state index contributed by atoms with van der Waals surface area (Å²) < 4.78 is 5.92. The van der Waals surface area contributed by atoms with Crippen molar-refractivity contribution >= 4 is 5.97 Å². The standard InChI is InChI=1S/C24H20N2O3/c27-23(28)15-20-6-1-2-10-22(20)29-16-17-5-3-7-18(13-17)19-8-4-9-21(14-19)24-25-11-12-26-24/h1-14H,15-16H2,(H,25,26)(H,27,28). The Morgan fingerprint density at radius 3 is 2.48 bits per heavy atom. The van der Waals surface area contributed by atoms with E-state index in [1.54, 1.807) is 18.3 Å². The molecule has 29 heavy (non-hydrogen) atoms. The normalized spacial score (nSPS) is 10.6. The first-order valence-corrected chi connectivity index (χ1v) is 9.31. The van der Waals surface area contributed by atoms with Crippen molar-refractivity contribution in [2.45, 2.75) is 13.0 Å².